The first kappa shape index (κ1) is 11.1. The molecule has 0 saturated carbocycles. The second kappa shape index (κ2) is 5.67. The summed E-state index contributed by atoms with van der Waals surface area (Å²) in [5.74, 6) is 2.62. The average molecular weight is 199 g/mol. The molecule has 0 saturated heterocycles. The summed E-state index contributed by atoms with van der Waals surface area (Å²) in [6.45, 7) is 2.07. The van der Waals surface area contributed by atoms with Gasteiger partial charge in [-0.05, 0) is 18.6 Å². The molecule has 0 aromatic carbocycles. The van der Waals surface area contributed by atoms with Crippen molar-refractivity contribution in [1.82, 2.24) is 4.98 Å². The van der Waals surface area contributed by atoms with E-state index in [1.165, 1.54) is 0 Å². The molecule has 1 unspecified atom stereocenters. The minimum atomic E-state index is 0.254. The third-order valence-corrected chi connectivity index (χ3v) is 2.10. The molecule has 15 heavy (non-hydrogen) atoms. The van der Waals surface area contributed by atoms with Crippen LogP contribution in [0.25, 0.3) is 0 Å². The fourth-order valence-electron chi connectivity index (χ4n) is 1.26. The van der Waals surface area contributed by atoms with Gasteiger partial charge in [-0.1, -0.05) is 6.92 Å². The lowest BCUT2D eigenvalue weighted by molar-refractivity contribution is 0.715. The first-order chi connectivity index (χ1) is 7.30. The minimum absolute atomic E-state index is 0.254. The Morgan fingerprint density at radius 1 is 1.67 bits per heavy atom. The van der Waals surface area contributed by atoms with Gasteiger partial charge in [0.15, 0.2) is 0 Å². The molecule has 0 amide bonds. The number of terminal acetylenes is 1. The zero-order chi connectivity index (χ0) is 11.1. The lowest BCUT2D eigenvalue weighted by atomic mass is 10.1. The third kappa shape index (κ3) is 3.32. The number of aromatic nitrogens is 1. The van der Waals surface area contributed by atoms with E-state index in [9.17, 15) is 0 Å². The molecule has 0 aliphatic heterocycles. The van der Waals surface area contributed by atoms with Crippen molar-refractivity contribution in [1.29, 1.82) is 5.26 Å². The standard InChI is InChI=1S/C12H13N3/c1-3-5-10(4-2)15-11-6-7-14-12(8-11)9-13/h1,6-8,10H,4-5H2,2H3,(H,14,15). The Labute approximate surface area is 90.1 Å². The van der Waals surface area contributed by atoms with Crippen LogP contribution in [0.4, 0.5) is 5.69 Å². The average Bonchev–Trinajstić information content (AvgIpc) is 2.29. The van der Waals surface area contributed by atoms with Crippen LogP contribution in [0.15, 0.2) is 18.3 Å². The Bertz CT molecular complexity index is 398. The van der Waals surface area contributed by atoms with E-state index in [-0.39, 0.29) is 6.04 Å². The zero-order valence-electron chi connectivity index (χ0n) is 8.70. The van der Waals surface area contributed by atoms with E-state index >= 15 is 0 Å². The maximum Gasteiger partial charge on any atom is 0.142 e. The van der Waals surface area contributed by atoms with Gasteiger partial charge in [-0.2, -0.15) is 5.26 Å². The van der Waals surface area contributed by atoms with Gasteiger partial charge in [0, 0.05) is 24.3 Å². The van der Waals surface area contributed by atoms with Crippen LogP contribution in [-0.2, 0) is 0 Å². The van der Waals surface area contributed by atoms with Crippen molar-refractivity contribution < 1.29 is 0 Å². The van der Waals surface area contributed by atoms with Gasteiger partial charge in [-0.25, -0.2) is 4.98 Å². The van der Waals surface area contributed by atoms with Crippen LogP contribution in [-0.4, -0.2) is 11.0 Å². The van der Waals surface area contributed by atoms with E-state index in [0.29, 0.717) is 12.1 Å². The monoisotopic (exact) mass is 199 g/mol. The third-order valence-electron chi connectivity index (χ3n) is 2.10. The molecule has 0 spiro atoms. The summed E-state index contributed by atoms with van der Waals surface area (Å²) in [6.07, 6.45) is 8.51. The molecule has 0 aliphatic carbocycles. The van der Waals surface area contributed by atoms with Crippen molar-refractivity contribution in [2.75, 3.05) is 5.32 Å². The zero-order valence-corrected chi connectivity index (χ0v) is 8.70. The number of pyridine rings is 1. The number of hydrogen-bond acceptors (Lipinski definition) is 3. The molecular formula is C12H13N3. The van der Waals surface area contributed by atoms with Crippen molar-refractivity contribution in [3.8, 4) is 18.4 Å². The second-order valence-electron chi connectivity index (χ2n) is 3.20. The van der Waals surface area contributed by atoms with Gasteiger partial charge in [-0.3, -0.25) is 0 Å². The van der Waals surface area contributed by atoms with Gasteiger partial charge >= 0.3 is 0 Å². The van der Waals surface area contributed by atoms with Gasteiger partial charge in [0.05, 0.1) is 0 Å². The van der Waals surface area contributed by atoms with E-state index in [2.05, 4.69) is 23.1 Å². The van der Waals surface area contributed by atoms with Gasteiger partial charge in [0.2, 0.25) is 0 Å². The number of rotatable bonds is 4. The second-order valence-corrected chi connectivity index (χ2v) is 3.20. The lowest BCUT2D eigenvalue weighted by Crippen LogP contribution is -2.17. The van der Waals surface area contributed by atoms with Crippen molar-refractivity contribution in [3.63, 3.8) is 0 Å². The normalized spacial score (nSPS) is 11.1. The number of nitrogens with zero attached hydrogens (tertiary/aromatic N) is 2. The highest BCUT2D eigenvalue weighted by molar-refractivity contribution is 5.46. The summed E-state index contributed by atoms with van der Waals surface area (Å²) in [4.78, 5) is 3.90. The first-order valence-electron chi connectivity index (χ1n) is 4.86. The van der Waals surface area contributed by atoms with Crippen LogP contribution in [0.3, 0.4) is 0 Å². The first-order valence-corrected chi connectivity index (χ1v) is 4.86. The van der Waals surface area contributed by atoms with Gasteiger partial charge in [0.1, 0.15) is 11.8 Å². The number of hydrogen-bond donors (Lipinski definition) is 1. The lowest BCUT2D eigenvalue weighted by Gasteiger charge is -2.15. The van der Waals surface area contributed by atoms with Crippen LogP contribution in [0.5, 0.6) is 0 Å². The summed E-state index contributed by atoms with van der Waals surface area (Å²) in [7, 11) is 0. The fraction of sp³-hybridized carbons (Fsp3) is 0.333. The van der Waals surface area contributed by atoms with Crippen LogP contribution in [0.2, 0.25) is 0 Å². The fourth-order valence-corrected chi connectivity index (χ4v) is 1.26. The summed E-state index contributed by atoms with van der Waals surface area (Å²) < 4.78 is 0. The Balaban J connectivity index is 2.72. The van der Waals surface area contributed by atoms with E-state index in [1.54, 1.807) is 12.3 Å². The van der Waals surface area contributed by atoms with Crippen LogP contribution >= 0.6 is 0 Å². The number of nitriles is 1. The summed E-state index contributed by atoms with van der Waals surface area (Å²) in [6, 6.07) is 5.81. The molecule has 3 heteroatoms. The molecule has 1 atom stereocenters. The molecule has 1 N–H and O–H groups in total. The molecule has 1 heterocycles. The Morgan fingerprint density at radius 2 is 2.47 bits per heavy atom. The quantitative estimate of drug-likeness (QED) is 0.756. The van der Waals surface area contributed by atoms with E-state index in [4.69, 9.17) is 11.7 Å². The summed E-state index contributed by atoms with van der Waals surface area (Å²) in [5.41, 5.74) is 1.30. The largest absolute Gasteiger partial charge is 0.381 e. The summed E-state index contributed by atoms with van der Waals surface area (Å²) >= 11 is 0. The Hall–Kier alpha value is -2.00. The van der Waals surface area contributed by atoms with E-state index in [0.717, 1.165) is 12.1 Å². The summed E-state index contributed by atoms with van der Waals surface area (Å²) in [5, 5.41) is 12.0. The predicted molar refractivity (Wildman–Crippen MR) is 60.1 cm³/mol. The predicted octanol–water partition coefficient (Wildman–Crippen LogP) is 2.17. The molecular weight excluding hydrogens is 186 g/mol. The van der Waals surface area contributed by atoms with Crippen molar-refractivity contribution in [2.24, 2.45) is 0 Å². The maximum absolute atomic E-state index is 8.68. The molecule has 0 radical (unpaired) electrons. The molecule has 1 aromatic rings. The minimum Gasteiger partial charge on any atom is -0.381 e. The number of nitrogens with one attached hydrogen (secondary N) is 1. The van der Waals surface area contributed by atoms with Crippen molar-refractivity contribution in [3.05, 3.63) is 24.0 Å². The van der Waals surface area contributed by atoms with Crippen molar-refractivity contribution in [2.45, 2.75) is 25.8 Å². The topological polar surface area (TPSA) is 48.7 Å². The number of anilines is 1. The van der Waals surface area contributed by atoms with Gasteiger partial charge in [-0.15, -0.1) is 12.3 Å². The molecule has 76 valence electrons. The maximum atomic E-state index is 8.68. The smallest absolute Gasteiger partial charge is 0.142 e. The Kier molecular flexibility index (Phi) is 4.19. The van der Waals surface area contributed by atoms with Crippen LogP contribution < -0.4 is 5.32 Å². The van der Waals surface area contributed by atoms with Crippen LogP contribution in [0, 0.1) is 23.7 Å². The molecule has 1 aromatic heterocycles. The molecule has 3 nitrogen and oxygen atoms in total. The van der Waals surface area contributed by atoms with Gasteiger partial charge in [0.25, 0.3) is 0 Å². The highest BCUT2D eigenvalue weighted by Gasteiger charge is 2.04. The Morgan fingerprint density at radius 3 is 3.07 bits per heavy atom. The molecule has 0 aliphatic rings. The molecule has 1 rings (SSSR count). The highest BCUT2D eigenvalue weighted by Crippen LogP contribution is 2.11. The highest BCUT2D eigenvalue weighted by atomic mass is 14.9. The molecule has 0 fully saturated rings. The van der Waals surface area contributed by atoms with Crippen molar-refractivity contribution >= 4 is 5.69 Å². The SMILES string of the molecule is C#CCC(CC)Nc1ccnc(C#N)c1. The molecule has 0 bridgehead atoms. The van der Waals surface area contributed by atoms with Crippen LogP contribution in [0.1, 0.15) is 25.5 Å². The van der Waals surface area contributed by atoms with E-state index < -0.39 is 0 Å². The van der Waals surface area contributed by atoms with E-state index in [1.807, 2.05) is 12.1 Å². The van der Waals surface area contributed by atoms with Gasteiger partial charge < -0.3 is 5.32 Å².